The molecule has 0 aliphatic carbocycles. The number of nitrogens with one attached hydrogen (secondary N) is 1. The van der Waals surface area contributed by atoms with Gasteiger partial charge in [0.2, 0.25) is 11.8 Å². The molecule has 0 bridgehead atoms. The van der Waals surface area contributed by atoms with Crippen LogP contribution in [-0.2, 0) is 16.0 Å². The van der Waals surface area contributed by atoms with E-state index < -0.39 is 5.54 Å². The summed E-state index contributed by atoms with van der Waals surface area (Å²) < 4.78 is 13.3. The molecule has 4 rings (SSSR count). The lowest BCUT2D eigenvalue weighted by Crippen LogP contribution is -2.45. The molecule has 2 aromatic carbocycles. The van der Waals surface area contributed by atoms with E-state index in [-0.39, 0.29) is 17.6 Å². The minimum absolute atomic E-state index is 0.0344. The Bertz CT molecular complexity index is 943. The average Bonchev–Trinajstić information content (AvgIpc) is 3.14. The molecule has 31 heavy (non-hydrogen) atoms. The normalized spacial score (nSPS) is 23.6. The highest BCUT2D eigenvalue weighted by atomic mass is 19.1. The summed E-state index contributed by atoms with van der Waals surface area (Å²) in [5.41, 5.74) is 3.19. The fourth-order valence-electron chi connectivity index (χ4n) is 5.18. The molecule has 5 heteroatoms. The molecule has 0 radical (unpaired) electrons. The molecule has 0 aromatic heterocycles. The zero-order chi connectivity index (χ0) is 21.8. The van der Waals surface area contributed by atoms with E-state index in [0.717, 1.165) is 31.5 Å². The summed E-state index contributed by atoms with van der Waals surface area (Å²) >= 11 is 0. The van der Waals surface area contributed by atoms with E-state index >= 15 is 0 Å². The number of carbonyl (C=O) groups is 2. The maximum absolute atomic E-state index is 13.3. The largest absolute Gasteiger partial charge is 0.350 e. The molecule has 2 aliphatic heterocycles. The predicted molar refractivity (Wildman–Crippen MR) is 119 cm³/mol. The van der Waals surface area contributed by atoms with Gasteiger partial charge in [-0.3, -0.25) is 9.59 Å². The second kappa shape index (κ2) is 9.21. The van der Waals surface area contributed by atoms with E-state index in [1.54, 1.807) is 12.1 Å². The third kappa shape index (κ3) is 5.15. The minimum Gasteiger partial charge on any atom is -0.350 e. The van der Waals surface area contributed by atoms with E-state index in [4.69, 9.17) is 0 Å². The molecule has 2 saturated heterocycles. The van der Waals surface area contributed by atoms with E-state index in [1.807, 2.05) is 4.90 Å². The van der Waals surface area contributed by atoms with Crippen molar-refractivity contribution in [3.8, 4) is 0 Å². The molecule has 2 aromatic rings. The lowest BCUT2D eigenvalue weighted by molar-refractivity contribution is -0.133. The summed E-state index contributed by atoms with van der Waals surface area (Å²) in [6.07, 6.45) is 4.97. The smallest absolute Gasteiger partial charge is 0.222 e. The maximum Gasteiger partial charge on any atom is 0.222 e. The Balaban J connectivity index is 1.40. The Kier molecular flexibility index (Phi) is 6.40. The molecule has 164 valence electrons. The van der Waals surface area contributed by atoms with Gasteiger partial charge in [-0.25, -0.2) is 4.39 Å². The summed E-state index contributed by atoms with van der Waals surface area (Å²) in [6, 6.07) is 14.9. The molecule has 2 fully saturated rings. The van der Waals surface area contributed by atoms with Gasteiger partial charge in [0.25, 0.3) is 0 Å². The molecule has 4 nitrogen and oxygen atoms in total. The SMILES string of the molecule is Cc1ccccc1C1CCCN(C(=O)CCC2(Cc3ccc(F)cc3)CCC(=O)N2)C1. The van der Waals surface area contributed by atoms with Gasteiger partial charge in [-0.1, -0.05) is 36.4 Å². The molecular weight excluding hydrogens is 391 g/mol. The number of nitrogens with zero attached hydrogens (tertiary/aromatic N) is 1. The number of aryl methyl sites for hydroxylation is 1. The number of piperidine rings is 1. The summed E-state index contributed by atoms with van der Waals surface area (Å²) in [5, 5.41) is 3.13. The zero-order valence-electron chi connectivity index (χ0n) is 18.2. The lowest BCUT2D eigenvalue weighted by Gasteiger charge is -2.35. The van der Waals surface area contributed by atoms with Crippen LogP contribution in [0.1, 0.15) is 61.1 Å². The van der Waals surface area contributed by atoms with Crippen LogP contribution in [0, 0.1) is 12.7 Å². The number of rotatable bonds is 6. The second-order valence-corrected chi connectivity index (χ2v) is 9.17. The van der Waals surface area contributed by atoms with Gasteiger partial charge in [-0.05, 0) is 67.9 Å². The van der Waals surface area contributed by atoms with Gasteiger partial charge in [0.1, 0.15) is 5.82 Å². The fraction of sp³-hybridized carbons (Fsp3) is 0.462. The monoisotopic (exact) mass is 422 g/mol. The van der Waals surface area contributed by atoms with Gasteiger partial charge in [-0.15, -0.1) is 0 Å². The first-order valence-electron chi connectivity index (χ1n) is 11.3. The minimum atomic E-state index is -0.421. The Morgan fingerprint density at radius 3 is 2.68 bits per heavy atom. The molecule has 2 amide bonds. The molecule has 2 aliphatic rings. The highest BCUT2D eigenvalue weighted by Crippen LogP contribution is 2.32. The van der Waals surface area contributed by atoms with Gasteiger partial charge >= 0.3 is 0 Å². The average molecular weight is 423 g/mol. The van der Waals surface area contributed by atoms with E-state index in [1.165, 1.54) is 23.3 Å². The third-order valence-electron chi connectivity index (χ3n) is 6.91. The van der Waals surface area contributed by atoms with Crippen molar-refractivity contribution >= 4 is 11.8 Å². The molecule has 0 spiro atoms. The van der Waals surface area contributed by atoms with Crippen LogP contribution in [-0.4, -0.2) is 35.3 Å². The van der Waals surface area contributed by atoms with Crippen LogP contribution >= 0.6 is 0 Å². The van der Waals surface area contributed by atoms with Crippen molar-refractivity contribution in [3.63, 3.8) is 0 Å². The van der Waals surface area contributed by atoms with Crippen LogP contribution in [0.3, 0.4) is 0 Å². The zero-order valence-corrected chi connectivity index (χ0v) is 18.2. The van der Waals surface area contributed by atoms with E-state index in [0.29, 0.717) is 38.0 Å². The van der Waals surface area contributed by atoms with Gasteiger partial charge in [-0.2, -0.15) is 0 Å². The first kappa shape index (κ1) is 21.5. The Morgan fingerprint density at radius 2 is 1.97 bits per heavy atom. The van der Waals surface area contributed by atoms with Crippen LogP contribution in [0.2, 0.25) is 0 Å². The molecule has 1 N–H and O–H groups in total. The summed E-state index contributed by atoms with van der Waals surface area (Å²) in [6.45, 7) is 3.71. The highest BCUT2D eigenvalue weighted by molar-refractivity contribution is 5.80. The van der Waals surface area contributed by atoms with Crippen molar-refractivity contribution in [2.75, 3.05) is 13.1 Å². The topological polar surface area (TPSA) is 49.4 Å². The number of amides is 2. The van der Waals surface area contributed by atoms with Crippen molar-refractivity contribution < 1.29 is 14.0 Å². The number of carbonyl (C=O) groups excluding carboxylic acids is 2. The van der Waals surface area contributed by atoms with E-state index in [2.05, 4.69) is 36.5 Å². The van der Waals surface area contributed by atoms with Crippen molar-refractivity contribution in [2.24, 2.45) is 0 Å². The van der Waals surface area contributed by atoms with E-state index in [9.17, 15) is 14.0 Å². The van der Waals surface area contributed by atoms with Gasteiger partial charge in [0.05, 0.1) is 0 Å². The second-order valence-electron chi connectivity index (χ2n) is 9.17. The number of hydrogen-bond acceptors (Lipinski definition) is 2. The summed E-state index contributed by atoms with van der Waals surface area (Å²) in [4.78, 5) is 27.1. The van der Waals surface area contributed by atoms with Gasteiger partial charge in [0, 0.05) is 37.4 Å². The fourth-order valence-corrected chi connectivity index (χ4v) is 5.18. The summed E-state index contributed by atoms with van der Waals surface area (Å²) in [5.74, 6) is 0.320. The van der Waals surface area contributed by atoms with Crippen molar-refractivity contribution in [1.29, 1.82) is 0 Å². The molecule has 2 unspecified atom stereocenters. The van der Waals surface area contributed by atoms with Crippen LogP contribution in [0.25, 0.3) is 0 Å². The first-order valence-corrected chi connectivity index (χ1v) is 11.3. The highest BCUT2D eigenvalue weighted by Gasteiger charge is 2.38. The third-order valence-corrected chi connectivity index (χ3v) is 6.91. The van der Waals surface area contributed by atoms with Crippen molar-refractivity contribution in [2.45, 2.75) is 63.3 Å². The number of halogens is 1. The lowest BCUT2D eigenvalue weighted by atomic mass is 9.84. The van der Waals surface area contributed by atoms with Gasteiger partial charge < -0.3 is 10.2 Å². The first-order chi connectivity index (χ1) is 14.9. The predicted octanol–water partition coefficient (Wildman–Crippen LogP) is 4.51. The van der Waals surface area contributed by atoms with Gasteiger partial charge in [0.15, 0.2) is 0 Å². The van der Waals surface area contributed by atoms with Crippen LogP contribution in [0.5, 0.6) is 0 Å². The Morgan fingerprint density at radius 1 is 1.19 bits per heavy atom. The summed E-state index contributed by atoms with van der Waals surface area (Å²) in [7, 11) is 0. The van der Waals surface area contributed by atoms with Crippen molar-refractivity contribution in [3.05, 3.63) is 71.0 Å². The number of likely N-dealkylation sites (tertiary alicyclic amines) is 1. The standard InChI is InChI=1S/C26H31FN2O2/c1-19-5-2-3-7-23(19)21-6-4-16-29(18-21)25(31)13-15-26(14-12-24(30)28-26)17-20-8-10-22(27)11-9-20/h2-3,5,7-11,21H,4,6,12-18H2,1H3,(H,28,30). The molecule has 0 saturated carbocycles. The molecule has 2 heterocycles. The molecule has 2 atom stereocenters. The van der Waals surface area contributed by atoms with Crippen LogP contribution in [0.4, 0.5) is 4.39 Å². The Labute approximate surface area is 183 Å². The Hall–Kier alpha value is -2.69. The van der Waals surface area contributed by atoms with Crippen LogP contribution in [0.15, 0.2) is 48.5 Å². The number of benzene rings is 2. The maximum atomic E-state index is 13.3. The quantitative estimate of drug-likeness (QED) is 0.745. The van der Waals surface area contributed by atoms with Crippen LogP contribution < -0.4 is 5.32 Å². The van der Waals surface area contributed by atoms with Crippen molar-refractivity contribution in [1.82, 2.24) is 10.2 Å². The number of hydrogen-bond donors (Lipinski definition) is 1. The molecular formula is C26H31FN2O2.